The molecule has 5 nitrogen and oxygen atoms in total. The highest BCUT2D eigenvalue weighted by molar-refractivity contribution is 6.34. The van der Waals surface area contributed by atoms with Gasteiger partial charge in [-0.15, -0.1) is 0 Å². The van der Waals surface area contributed by atoms with Crippen molar-refractivity contribution < 1.29 is 14.3 Å². The molecule has 6 heteroatoms. The van der Waals surface area contributed by atoms with E-state index >= 15 is 0 Å². The molecule has 0 heterocycles. The van der Waals surface area contributed by atoms with Gasteiger partial charge in [0.05, 0.1) is 17.3 Å². The van der Waals surface area contributed by atoms with Crippen LogP contribution in [-0.2, 0) is 0 Å². The molecular weight excluding hydrogens is 340 g/mol. The van der Waals surface area contributed by atoms with Crippen LogP contribution in [0.15, 0.2) is 42.5 Å². The Hall–Kier alpha value is -2.53. The SMILES string of the molecule is CNC(=O)c1ccc(Cl)c(NC(=O)c2cccc(OCC(C)C)c2)c1. The van der Waals surface area contributed by atoms with Crippen molar-refractivity contribution in [3.63, 3.8) is 0 Å². The van der Waals surface area contributed by atoms with E-state index in [1.54, 1.807) is 36.4 Å². The molecule has 25 heavy (non-hydrogen) atoms. The van der Waals surface area contributed by atoms with E-state index in [4.69, 9.17) is 16.3 Å². The quantitative estimate of drug-likeness (QED) is 0.818. The number of amides is 2. The van der Waals surface area contributed by atoms with Gasteiger partial charge in [0.25, 0.3) is 11.8 Å². The molecule has 2 aromatic carbocycles. The Labute approximate surface area is 152 Å². The predicted molar refractivity (Wildman–Crippen MR) is 99.6 cm³/mol. The first-order valence-electron chi connectivity index (χ1n) is 7.96. The summed E-state index contributed by atoms with van der Waals surface area (Å²) in [5, 5.41) is 5.62. The van der Waals surface area contributed by atoms with Gasteiger partial charge in [-0.1, -0.05) is 31.5 Å². The van der Waals surface area contributed by atoms with Crippen molar-refractivity contribution in [2.45, 2.75) is 13.8 Å². The van der Waals surface area contributed by atoms with Crippen molar-refractivity contribution in [3.8, 4) is 5.75 Å². The number of hydrogen-bond donors (Lipinski definition) is 2. The Morgan fingerprint density at radius 3 is 2.48 bits per heavy atom. The number of benzene rings is 2. The first-order valence-corrected chi connectivity index (χ1v) is 8.34. The zero-order chi connectivity index (χ0) is 18.4. The van der Waals surface area contributed by atoms with Crippen LogP contribution in [0.5, 0.6) is 5.75 Å². The van der Waals surface area contributed by atoms with E-state index in [-0.39, 0.29) is 11.8 Å². The molecule has 0 saturated carbocycles. The zero-order valence-electron chi connectivity index (χ0n) is 14.4. The Kier molecular flexibility index (Phi) is 6.42. The van der Waals surface area contributed by atoms with Crippen molar-refractivity contribution >= 4 is 29.1 Å². The van der Waals surface area contributed by atoms with Crippen molar-refractivity contribution in [2.24, 2.45) is 5.92 Å². The maximum absolute atomic E-state index is 12.5. The molecule has 0 aromatic heterocycles. The van der Waals surface area contributed by atoms with Gasteiger partial charge in [-0.25, -0.2) is 0 Å². The van der Waals surface area contributed by atoms with E-state index in [1.165, 1.54) is 13.1 Å². The zero-order valence-corrected chi connectivity index (χ0v) is 15.2. The molecule has 0 spiro atoms. The van der Waals surface area contributed by atoms with Crippen LogP contribution in [0.3, 0.4) is 0 Å². The Morgan fingerprint density at radius 1 is 1.08 bits per heavy atom. The lowest BCUT2D eigenvalue weighted by atomic mass is 10.1. The molecule has 0 fully saturated rings. The summed E-state index contributed by atoms with van der Waals surface area (Å²) in [7, 11) is 1.54. The molecule has 0 saturated heterocycles. The van der Waals surface area contributed by atoms with E-state index in [9.17, 15) is 9.59 Å². The van der Waals surface area contributed by atoms with Crippen LogP contribution in [0.1, 0.15) is 34.6 Å². The summed E-state index contributed by atoms with van der Waals surface area (Å²) in [5.41, 5.74) is 1.24. The fourth-order valence-electron chi connectivity index (χ4n) is 2.09. The summed E-state index contributed by atoms with van der Waals surface area (Å²) in [6, 6.07) is 11.6. The number of carbonyl (C=O) groups is 2. The minimum Gasteiger partial charge on any atom is -0.493 e. The summed E-state index contributed by atoms with van der Waals surface area (Å²) in [4.78, 5) is 24.2. The highest BCUT2D eigenvalue weighted by atomic mass is 35.5. The lowest BCUT2D eigenvalue weighted by Crippen LogP contribution is -2.18. The van der Waals surface area contributed by atoms with E-state index < -0.39 is 0 Å². The first kappa shape index (κ1) is 18.8. The number of hydrogen-bond acceptors (Lipinski definition) is 3. The smallest absolute Gasteiger partial charge is 0.255 e. The second-order valence-corrected chi connectivity index (χ2v) is 6.37. The van der Waals surface area contributed by atoms with E-state index in [0.29, 0.717) is 40.1 Å². The monoisotopic (exact) mass is 360 g/mol. The van der Waals surface area contributed by atoms with Gasteiger partial charge in [0, 0.05) is 18.2 Å². The van der Waals surface area contributed by atoms with Crippen LogP contribution < -0.4 is 15.4 Å². The standard InChI is InChI=1S/C19H21ClN2O3/c1-12(2)11-25-15-6-4-5-13(9-15)19(24)22-17-10-14(18(23)21-3)7-8-16(17)20/h4-10,12H,11H2,1-3H3,(H,21,23)(H,22,24). The molecule has 0 bridgehead atoms. The van der Waals surface area contributed by atoms with Gasteiger partial charge < -0.3 is 15.4 Å². The van der Waals surface area contributed by atoms with E-state index in [1.807, 2.05) is 0 Å². The average molecular weight is 361 g/mol. The molecule has 2 rings (SSSR count). The third-order valence-electron chi connectivity index (χ3n) is 3.38. The molecule has 0 atom stereocenters. The maximum Gasteiger partial charge on any atom is 0.255 e. The fourth-order valence-corrected chi connectivity index (χ4v) is 2.26. The Balaban J connectivity index is 2.17. The predicted octanol–water partition coefficient (Wildman–Crippen LogP) is 3.99. The highest BCUT2D eigenvalue weighted by Gasteiger charge is 2.12. The van der Waals surface area contributed by atoms with Gasteiger partial charge >= 0.3 is 0 Å². The lowest BCUT2D eigenvalue weighted by Gasteiger charge is -2.11. The van der Waals surface area contributed by atoms with Gasteiger partial charge in [-0.3, -0.25) is 9.59 Å². The van der Waals surface area contributed by atoms with Gasteiger partial charge in [-0.2, -0.15) is 0 Å². The molecule has 0 unspecified atom stereocenters. The van der Waals surface area contributed by atoms with Gasteiger partial charge in [-0.05, 0) is 42.3 Å². The van der Waals surface area contributed by atoms with Gasteiger partial charge in [0.1, 0.15) is 5.75 Å². The minimum absolute atomic E-state index is 0.253. The number of nitrogens with one attached hydrogen (secondary N) is 2. The minimum atomic E-state index is -0.328. The Morgan fingerprint density at radius 2 is 1.80 bits per heavy atom. The van der Waals surface area contributed by atoms with Crippen LogP contribution in [0, 0.1) is 5.92 Å². The summed E-state index contributed by atoms with van der Waals surface area (Å²) in [5.74, 6) is 0.442. The molecule has 2 N–H and O–H groups in total. The van der Waals surface area contributed by atoms with E-state index in [2.05, 4.69) is 24.5 Å². The highest BCUT2D eigenvalue weighted by Crippen LogP contribution is 2.24. The fraction of sp³-hybridized carbons (Fsp3) is 0.263. The van der Waals surface area contributed by atoms with Crippen LogP contribution in [0.4, 0.5) is 5.69 Å². The molecule has 2 aromatic rings. The number of anilines is 1. The third kappa shape index (κ3) is 5.22. The van der Waals surface area contributed by atoms with Gasteiger partial charge in [0.15, 0.2) is 0 Å². The van der Waals surface area contributed by atoms with Crippen LogP contribution >= 0.6 is 11.6 Å². The van der Waals surface area contributed by atoms with Crippen molar-refractivity contribution in [1.29, 1.82) is 0 Å². The van der Waals surface area contributed by atoms with Crippen molar-refractivity contribution in [2.75, 3.05) is 19.0 Å². The van der Waals surface area contributed by atoms with Crippen LogP contribution in [0.25, 0.3) is 0 Å². The molecule has 2 amide bonds. The number of ether oxygens (including phenoxy) is 1. The number of carbonyl (C=O) groups excluding carboxylic acids is 2. The summed E-state index contributed by atoms with van der Waals surface area (Å²) < 4.78 is 5.64. The molecule has 132 valence electrons. The van der Waals surface area contributed by atoms with Crippen LogP contribution in [-0.4, -0.2) is 25.5 Å². The molecule has 0 aliphatic rings. The first-order chi connectivity index (χ1) is 11.9. The number of rotatable bonds is 6. The second-order valence-electron chi connectivity index (χ2n) is 5.96. The summed E-state index contributed by atoms with van der Waals surface area (Å²) in [6.07, 6.45) is 0. The number of halogens is 1. The molecule has 0 radical (unpaired) electrons. The summed E-state index contributed by atoms with van der Waals surface area (Å²) in [6.45, 7) is 4.68. The Bertz CT molecular complexity index is 775. The van der Waals surface area contributed by atoms with E-state index in [0.717, 1.165) is 0 Å². The van der Waals surface area contributed by atoms with Crippen molar-refractivity contribution in [3.05, 3.63) is 58.6 Å². The molecule has 0 aliphatic heterocycles. The molecule has 0 aliphatic carbocycles. The average Bonchev–Trinajstić information content (AvgIpc) is 2.61. The third-order valence-corrected chi connectivity index (χ3v) is 3.71. The maximum atomic E-state index is 12.5. The summed E-state index contributed by atoms with van der Waals surface area (Å²) >= 11 is 6.12. The molecular formula is C19H21ClN2O3. The van der Waals surface area contributed by atoms with Gasteiger partial charge in [0.2, 0.25) is 0 Å². The normalized spacial score (nSPS) is 10.4. The lowest BCUT2D eigenvalue weighted by molar-refractivity contribution is 0.0961. The second kappa shape index (κ2) is 8.53. The topological polar surface area (TPSA) is 67.4 Å². The largest absolute Gasteiger partial charge is 0.493 e. The van der Waals surface area contributed by atoms with Crippen molar-refractivity contribution in [1.82, 2.24) is 5.32 Å². The van der Waals surface area contributed by atoms with Crippen LogP contribution in [0.2, 0.25) is 5.02 Å².